The van der Waals surface area contributed by atoms with Crippen LogP contribution in [0.1, 0.15) is 35.8 Å². The molecule has 1 aliphatic heterocycles. The van der Waals surface area contributed by atoms with Gasteiger partial charge in [-0.2, -0.15) is 0 Å². The Kier molecular flexibility index (Phi) is 6.33. The summed E-state index contributed by atoms with van der Waals surface area (Å²) in [4.78, 5) is 27.8. The minimum atomic E-state index is -0.0286. The van der Waals surface area contributed by atoms with E-state index in [0.717, 1.165) is 43.0 Å². The summed E-state index contributed by atoms with van der Waals surface area (Å²) in [6.45, 7) is 7.78. The normalized spacial score (nSPS) is 15.6. The molecule has 1 heterocycles. The Bertz CT molecular complexity index is 1060. The molecule has 1 amide bonds. The SMILES string of the molecule is CC(=O)c1ccc(N2CC[NH+](CC(=O)N[C@@H](C)c3cccc4ccccc34)CC2)cc1. The second kappa shape index (κ2) is 9.31. The number of hydrogen-bond acceptors (Lipinski definition) is 3. The third-order valence-corrected chi connectivity index (χ3v) is 6.19. The number of quaternary nitrogens is 1. The van der Waals surface area contributed by atoms with E-state index in [1.807, 2.05) is 42.5 Å². The Hall–Kier alpha value is -3.18. The molecule has 1 aliphatic rings. The van der Waals surface area contributed by atoms with Crippen LogP contribution in [0.25, 0.3) is 10.8 Å². The van der Waals surface area contributed by atoms with Gasteiger partial charge < -0.3 is 15.1 Å². The van der Waals surface area contributed by atoms with Gasteiger partial charge in [-0.1, -0.05) is 42.5 Å². The average molecular weight is 417 g/mol. The molecule has 1 saturated heterocycles. The first-order valence-electron chi connectivity index (χ1n) is 11.0. The average Bonchev–Trinajstić information content (AvgIpc) is 2.79. The summed E-state index contributed by atoms with van der Waals surface area (Å²) in [7, 11) is 0. The number of hydrogen-bond donors (Lipinski definition) is 2. The van der Waals surface area contributed by atoms with Gasteiger partial charge in [0.25, 0.3) is 5.91 Å². The predicted molar refractivity (Wildman–Crippen MR) is 125 cm³/mol. The lowest BCUT2D eigenvalue weighted by molar-refractivity contribution is -0.892. The van der Waals surface area contributed by atoms with Crippen molar-refractivity contribution in [3.63, 3.8) is 0 Å². The highest BCUT2D eigenvalue weighted by Gasteiger charge is 2.23. The van der Waals surface area contributed by atoms with Crippen molar-refractivity contribution in [3.05, 3.63) is 77.9 Å². The molecule has 0 saturated carbocycles. The zero-order chi connectivity index (χ0) is 21.8. The highest BCUT2D eigenvalue weighted by atomic mass is 16.2. The number of piperazine rings is 1. The Morgan fingerprint density at radius 3 is 2.35 bits per heavy atom. The Morgan fingerprint density at radius 1 is 0.968 bits per heavy atom. The lowest BCUT2D eigenvalue weighted by Gasteiger charge is -2.33. The maximum absolute atomic E-state index is 12.7. The van der Waals surface area contributed by atoms with Crippen LogP contribution in [0.4, 0.5) is 5.69 Å². The van der Waals surface area contributed by atoms with Gasteiger partial charge in [-0.3, -0.25) is 9.59 Å². The fourth-order valence-electron chi connectivity index (χ4n) is 4.39. The standard InChI is InChI=1S/C26H29N3O2/c1-19(24-9-5-7-22-6-3-4-8-25(22)24)27-26(31)18-28-14-16-29(17-15-28)23-12-10-21(11-13-23)20(2)30/h3-13,19H,14-18H2,1-2H3,(H,27,31)/p+1/t19-/m0/s1. The van der Waals surface area contributed by atoms with Gasteiger partial charge in [0.15, 0.2) is 12.3 Å². The van der Waals surface area contributed by atoms with Gasteiger partial charge in [-0.05, 0) is 54.4 Å². The summed E-state index contributed by atoms with van der Waals surface area (Å²) < 4.78 is 0. The molecular formula is C26H30N3O2+. The molecule has 160 valence electrons. The molecule has 1 fully saturated rings. The lowest BCUT2D eigenvalue weighted by atomic mass is 10.00. The van der Waals surface area contributed by atoms with E-state index in [0.29, 0.717) is 6.54 Å². The first-order valence-corrected chi connectivity index (χ1v) is 11.0. The van der Waals surface area contributed by atoms with E-state index >= 15 is 0 Å². The summed E-state index contributed by atoms with van der Waals surface area (Å²) in [5.74, 6) is 0.180. The fraction of sp³-hybridized carbons (Fsp3) is 0.308. The molecule has 5 nitrogen and oxygen atoms in total. The molecule has 5 heteroatoms. The number of anilines is 1. The zero-order valence-corrected chi connectivity index (χ0v) is 18.2. The molecule has 2 N–H and O–H groups in total. The second-order valence-corrected chi connectivity index (χ2v) is 8.37. The molecule has 3 aromatic rings. The topological polar surface area (TPSA) is 53.9 Å². The molecule has 1 atom stereocenters. The third kappa shape index (κ3) is 4.94. The van der Waals surface area contributed by atoms with E-state index < -0.39 is 0 Å². The smallest absolute Gasteiger partial charge is 0.275 e. The van der Waals surface area contributed by atoms with Crippen molar-refractivity contribution in [2.24, 2.45) is 0 Å². The van der Waals surface area contributed by atoms with Crippen molar-refractivity contribution in [1.29, 1.82) is 0 Å². The van der Waals surface area contributed by atoms with E-state index in [1.165, 1.54) is 15.7 Å². The third-order valence-electron chi connectivity index (χ3n) is 6.19. The van der Waals surface area contributed by atoms with Gasteiger partial charge >= 0.3 is 0 Å². The van der Waals surface area contributed by atoms with Crippen molar-refractivity contribution in [3.8, 4) is 0 Å². The van der Waals surface area contributed by atoms with Crippen molar-refractivity contribution in [1.82, 2.24) is 5.32 Å². The number of nitrogens with one attached hydrogen (secondary N) is 2. The molecule has 0 aromatic heterocycles. The number of carbonyl (C=O) groups is 2. The van der Waals surface area contributed by atoms with Gasteiger partial charge in [0.1, 0.15) is 0 Å². The minimum Gasteiger partial charge on any atom is -0.360 e. The van der Waals surface area contributed by atoms with Gasteiger partial charge in [0, 0.05) is 11.3 Å². The minimum absolute atomic E-state index is 0.0286. The molecule has 0 radical (unpaired) electrons. The monoisotopic (exact) mass is 416 g/mol. The maximum Gasteiger partial charge on any atom is 0.275 e. The van der Waals surface area contributed by atoms with E-state index in [4.69, 9.17) is 0 Å². The molecule has 31 heavy (non-hydrogen) atoms. The number of amides is 1. The van der Waals surface area contributed by atoms with Crippen molar-refractivity contribution >= 4 is 28.2 Å². The second-order valence-electron chi connectivity index (χ2n) is 8.37. The van der Waals surface area contributed by atoms with Gasteiger partial charge in [-0.25, -0.2) is 0 Å². The van der Waals surface area contributed by atoms with E-state index in [2.05, 4.69) is 41.4 Å². The molecule has 0 spiro atoms. The Labute approximate surface area is 183 Å². The lowest BCUT2D eigenvalue weighted by Crippen LogP contribution is -3.15. The predicted octanol–water partition coefficient (Wildman–Crippen LogP) is 2.62. The van der Waals surface area contributed by atoms with Crippen molar-refractivity contribution in [2.45, 2.75) is 19.9 Å². The van der Waals surface area contributed by atoms with Crippen molar-refractivity contribution in [2.75, 3.05) is 37.6 Å². The quantitative estimate of drug-likeness (QED) is 0.608. The number of fused-ring (bicyclic) bond motifs is 1. The number of Topliss-reactive ketones (excluding diaryl/α,β-unsaturated/α-hetero) is 1. The number of carbonyl (C=O) groups excluding carboxylic acids is 2. The van der Waals surface area contributed by atoms with Crippen LogP contribution in [0.5, 0.6) is 0 Å². The number of rotatable bonds is 6. The van der Waals surface area contributed by atoms with Crippen LogP contribution in [-0.2, 0) is 4.79 Å². The number of ketones is 1. The number of benzene rings is 3. The summed E-state index contributed by atoms with van der Waals surface area (Å²) >= 11 is 0. The van der Waals surface area contributed by atoms with Crippen LogP contribution in [0.15, 0.2) is 66.7 Å². The van der Waals surface area contributed by atoms with Crippen molar-refractivity contribution < 1.29 is 14.5 Å². The Balaban J connectivity index is 1.30. The summed E-state index contributed by atoms with van der Waals surface area (Å²) in [6.07, 6.45) is 0. The van der Waals surface area contributed by atoms with Crippen LogP contribution in [0, 0.1) is 0 Å². The van der Waals surface area contributed by atoms with Crippen LogP contribution in [-0.4, -0.2) is 44.4 Å². The fourth-order valence-corrected chi connectivity index (χ4v) is 4.39. The highest BCUT2D eigenvalue weighted by Crippen LogP contribution is 2.23. The Morgan fingerprint density at radius 2 is 1.65 bits per heavy atom. The molecular weight excluding hydrogens is 386 g/mol. The van der Waals surface area contributed by atoms with E-state index in [9.17, 15) is 9.59 Å². The van der Waals surface area contributed by atoms with Gasteiger partial charge in [-0.15, -0.1) is 0 Å². The zero-order valence-electron chi connectivity index (χ0n) is 18.2. The largest absolute Gasteiger partial charge is 0.360 e. The van der Waals surface area contributed by atoms with Crippen LogP contribution >= 0.6 is 0 Å². The molecule has 0 aliphatic carbocycles. The van der Waals surface area contributed by atoms with Crippen LogP contribution in [0.3, 0.4) is 0 Å². The first-order chi connectivity index (χ1) is 15.0. The highest BCUT2D eigenvalue weighted by molar-refractivity contribution is 5.94. The number of nitrogens with zero attached hydrogens (tertiary/aromatic N) is 1. The summed E-state index contributed by atoms with van der Waals surface area (Å²) in [5.41, 5.74) is 3.03. The molecule has 0 bridgehead atoms. The van der Waals surface area contributed by atoms with Gasteiger partial charge in [0.05, 0.1) is 32.2 Å². The summed E-state index contributed by atoms with van der Waals surface area (Å²) in [5, 5.41) is 5.57. The van der Waals surface area contributed by atoms with E-state index in [1.54, 1.807) is 6.92 Å². The van der Waals surface area contributed by atoms with Crippen LogP contribution < -0.4 is 15.1 Å². The van der Waals surface area contributed by atoms with Crippen LogP contribution in [0.2, 0.25) is 0 Å². The molecule has 0 unspecified atom stereocenters. The van der Waals surface area contributed by atoms with Gasteiger partial charge in [0.2, 0.25) is 0 Å². The molecule has 4 rings (SSSR count). The summed E-state index contributed by atoms with van der Waals surface area (Å²) in [6, 6.07) is 22.3. The van der Waals surface area contributed by atoms with E-state index in [-0.39, 0.29) is 17.7 Å². The maximum atomic E-state index is 12.7. The molecule has 3 aromatic carbocycles. The first kappa shape index (κ1) is 21.1.